The number of hydrogen-bond donors (Lipinski definition) is 2. The lowest BCUT2D eigenvalue weighted by molar-refractivity contribution is -0.304. The normalized spacial score (nSPS) is 9.95. The first-order chi connectivity index (χ1) is 10.1. The minimum atomic E-state index is -1.20. The van der Waals surface area contributed by atoms with Crippen LogP contribution in [0.3, 0.4) is 0 Å². The number of rotatable bonds is 4. The highest BCUT2D eigenvalue weighted by atomic mass is 16.4. The Morgan fingerprint density at radius 3 is 2.62 bits per heavy atom. The van der Waals surface area contributed by atoms with Crippen LogP contribution in [0.4, 0.5) is 16.3 Å². The molecule has 2 rings (SSSR count). The lowest BCUT2D eigenvalue weighted by atomic mass is 10.1. The summed E-state index contributed by atoms with van der Waals surface area (Å²) >= 11 is 0. The van der Waals surface area contributed by atoms with Crippen LogP contribution in [0.2, 0.25) is 0 Å². The molecule has 21 heavy (non-hydrogen) atoms. The highest BCUT2D eigenvalue weighted by molar-refractivity contribution is 6.00. The van der Waals surface area contributed by atoms with E-state index in [1.807, 2.05) is 13.0 Å². The van der Waals surface area contributed by atoms with E-state index in [0.717, 1.165) is 5.56 Å². The van der Waals surface area contributed by atoms with Crippen LogP contribution in [0, 0.1) is 6.92 Å². The third-order valence-corrected chi connectivity index (χ3v) is 2.84. The van der Waals surface area contributed by atoms with Crippen molar-refractivity contribution in [3.63, 3.8) is 0 Å². The Kier molecular flexibility index (Phi) is 4.50. The van der Waals surface area contributed by atoms with Gasteiger partial charge < -0.3 is 15.2 Å². The summed E-state index contributed by atoms with van der Waals surface area (Å²) in [6.07, 6.45) is 1.31. The van der Waals surface area contributed by atoms with Gasteiger partial charge in [-0.2, -0.15) is 0 Å². The van der Waals surface area contributed by atoms with Crippen LogP contribution in [-0.4, -0.2) is 17.0 Å². The molecule has 0 aliphatic heterocycles. The number of aliphatic carboxylic acids is 1. The van der Waals surface area contributed by atoms with Gasteiger partial charge in [-0.3, -0.25) is 5.32 Å². The predicted octanol–water partition coefficient (Wildman–Crippen LogP) is 1.33. The van der Waals surface area contributed by atoms with Crippen molar-refractivity contribution in [2.24, 2.45) is 0 Å². The fraction of sp³-hybridized carbons (Fsp3) is 0.133. The summed E-state index contributed by atoms with van der Waals surface area (Å²) in [6.45, 7) is 1.83. The van der Waals surface area contributed by atoms with Crippen LogP contribution in [0.15, 0.2) is 42.6 Å². The van der Waals surface area contributed by atoms with Gasteiger partial charge in [-0.25, -0.2) is 9.78 Å². The number of carboxylic acid groups (broad SMARTS) is 1. The molecule has 0 aliphatic carbocycles. The van der Waals surface area contributed by atoms with E-state index in [9.17, 15) is 14.7 Å². The van der Waals surface area contributed by atoms with Crippen LogP contribution in [0.25, 0.3) is 0 Å². The molecule has 108 valence electrons. The number of aryl methyl sites for hydroxylation is 1. The van der Waals surface area contributed by atoms with Crippen LogP contribution in [0.1, 0.15) is 11.1 Å². The van der Waals surface area contributed by atoms with Gasteiger partial charge in [0.05, 0.1) is 0 Å². The van der Waals surface area contributed by atoms with Crippen molar-refractivity contribution >= 4 is 23.5 Å². The summed E-state index contributed by atoms with van der Waals surface area (Å²) < 4.78 is 0. The minimum Gasteiger partial charge on any atom is -0.550 e. The summed E-state index contributed by atoms with van der Waals surface area (Å²) in [6, 6.07) is 9.77. The maximum absolute atomic E-state index is 11.9. The van der Waals surface area contributed by atoms with E-state index >= 15 is 0 Å². The fourth-order valence-corrected chi connectivity index (χ4v) is 1.83. The molecule has 6 nitrogen and oxygen atoms in total. The average Bonchev–Trinajstić information content (AvgIpc) is 2.43. The largest absolute Gasteiger partial charge is 0.550 e. The molecule has 0 bridgehead atoms. The quantitative estimate of drug-likeness (QED) is 0.885. The van der Waals surface area contributed by atoms with Crippen LogP contribution in [-0.2, 0) is 11.2 Å². The number of hydrogen-bond acceptors (Lipinski definition) is 4. The van der Waals surface area contributed by atoms with Crippen LogP contribution in [0.5, 0.6) is 0 Å². The van der Waals surface area contributed by atoms with Crippen molar-refractivity contribution in [2.45, 2.75) is 13.3 Å². The number of nitrogens with zero attached hydrogens (tertiary/aromatic N) is 1. The SMILES string of the molecule is Cc1cccnc1NC(=O)Nc1ccccc1CC(=O)[O-]. The molecule has 0 saturated carbocycles. The molecule has 1 heterocycles. The van der Waals surface area contributed by atoms with Crippen molar-refractivity contribution in [2.75, 3.05) is 10.6 Å². The number of nitrogens with one attached hydrogen (secondary N) is 2. The van der Waals surface area contributed by atoms with E-state index in [2.05, 4.69) is 15.6 Å². The van der Waals surface area contributed by atoms with Crippen molar-refractivity contribution in [1.82, 2.24) is 4.98 Å². The number of amides is 2. The zero-order valence-corrected chi connectivity index (χ0v) is 11.4. The van der Waals surface area contributed by atoms with Crippen molar-refractivity contribution in [3.05, 3.63) is 53.7 Å². The highest BCUT2D eigenvalue weighted by Gasteiger charge is 2.08. The predicted molar refractivity (Wildman–Crippen MR) is 76.8 cm³/mol. The topological polar surface area (TPSA) is 94.2 Å². The van der Waals surface area contributed by atoms with Gasteiger partial charge in [-0.15, -0.1) is 0 Å². The number of carbonyl (C=O) groups is 2. The molecule has 2 amide bonds. The van der Waals surface area contributed by atoms with E-state index < -0.39 is 12.0 Å². The Hall–Kier alpha value is -2.89. The second-order valence-electron chi connectivity index (χ2n) is 4.45. The van der Waals surface area contributed by atoms with Gasteiger partial charge in [0.25, 0.3) is 0 Å². The number of carboxylic acids is 1. The molecule has 2 N–H and O–H groups in total. The minimum absolute atomic E-state index is 0.265. The maximum Gasteiger partial charge on any atom is 0.324 e. The van der Waals surface area contributed by atoms with Gasteiger partial charge in [0.15, 0.2) is 0 Å². The summed E-state index contributed by atoms with van der Waals surface area (Å²) in [7, 11) is 0. The Morgan fingerprint density at radius 1 is 1.14 bits per heavy atom. The van der Waals surface area contributed by atoms with Crippen LogP contribution >= 0.6 is 0 Å². The van der Waals surface area contributed by atoms with Gasteiger partial charge >= 0.3 is 6.03 Å². The third kappa shape index (κ3) is 4.04. The lowest BCUT2D eigenvalue weighted by Crippen LogP contribution is -2.26. The monoisotopic (exact) mass is 284 g/mol. The second kappa shape index (κ2) is 6.51. The molecular formula is C15H14N3O3-. The number of para-hydroxylation sites is 1. The molecular weight excluding hydrogens is 270 g/mol. The van der Waals surface area contributed by atoms with Gasteiger partial charge in [0.2, 0.25) is 0 Å². The molecule has 2 aromatic rings. The summed E-state index contributed by atoms with van der Waals surface area (Å²) in [5.74, 6) is -0.752. The Labute approximate surface area is 121 Å². The number of aromatic nitrogens is 1. The van der Waals surface area contributed by atoms with Crippen molar-refractivity contribution < 1.29 is 14.7 Å². The summed E-state index contributed by atoms with van der Waals surface area (Å²) in [5, 5.41) is 15.9. The van der Waals surface area contributed by atoms with Gasteiger partial charge in [-0.1, -0.05) is 24.3 Å². The Bertz CT molecular complexity index is 671. The zero-order valence-electron chi connectivity index (χ0n) is 11.4. The van der Waals surface area contributed by atoms with E-state index in [1.165, 1.54) is 0 Å². The maximum atomic E-state index is 11.9. The van der Waals surface area contributed by atoms with E-state index in [0.29, 0.717) is 17.1 Å². The Balaban J connectivity index is 2.10. The van der Waals surface area contributed by atoms with Crippen molar-refractivity contribution in [1.29, 1.82) is 0 Å². The second-order valence-corrected chi connectivity index (χ2v) is 4.45. The molecule has 6 heteroatoms. The number of urea groups is 1. The fourth-order valence-electron chi connectivity index (χ4n) is 1.83. The molecule has 0 saturated heterocycles. The molecule has 0 fully saturated rings. The summed E-state index contributed by atoms with van der Waals surface area (Å²) in [4.78, 5) is 26.7. The smallest absolute Gasteiger partial charge is 0.324 e. The molecule has 0 radical (unpaired) electrons. The third-order valence-electron chi connectivity index (χ3n) is 2.84. The number of pyridine rings is 1. The Morgan fingerprint density at radius 2 is 1.90 bits per heavy atom. The molecule has 1 aromatic carbocycles. The van der Waals surface area contributed by atoms with Gasteiger partial charge in [0, 0.05) is 24.3 Å². The molecule has 0 spiro atoms. The zero-order chi connectivity index (χ0) is 15.2. The molecule has 0 atom stereocenters. The van der Waals surface area contributed by atoms with Crippen LogP contribution < -0.4 is 15.7 Å². The first-order valence-electron chi connectivity index (χ1n) is 6.33. The molecule has 1 aromatic heterocycles. The van der Waals surface area contributed by atoms with E-state index in [-0.39, 0.29) is 6.42 Å². The number of benzene rings is 1. The standard InChI is InChI=1S/C15H15N3O3/c1-10-5-4-8-16-14(10)18-15(21)17-12-7-3-2-6-11(12)9-13(19)20/h2-8H,9H2,1H3,(H,19,20)(H2,16,17,18,21)/p-1. The average molecular weight is 284 g/mol. The van der Waals surface area contributed by atoms with Crippen molar-refractivity contribution in [3.8, 4) is 0 Å². The summed E-state index contributed by atoms with van der Waals surface area (Å²) in [5.41, 5.74) is 1.73. The van der Waals surface area contributed by atoms with E-state index in [1.54, 1.807) is 36.5 Å². The number of anilines is 2. The first kappa shape index (κ1) is 14.5. The van der Waals surface area contributed by atoms with Gasteiger partial charge in [0.1, 0.15) is 5.82 Å². The number of carbonyl (C=O) groups excluding carboxylic acids is 2. The highest BCUT2D eigenvalue weighted by Crippen LogP contribution is 2.16. The lowest BCUT2D eigenvalue weighted by Gasteiger charge is -2.12. The van der Waals surface area contributed by atoms with E-state index in [4.69, 9.17) is 0 Å². The molecule has 0 unspecified atom stereocenters. The first-order valence-corrected chi connectivity index (χ1v) is 6.33. The molecule has 0 aliphatic rings. The van der Waals surface area contributed by atoms with Gasteiger partial charge in [-0.05, 0) is 30.2 Å².